The predicted octanol–water partition coefficient (Wildman–Crippen LogP) is 13.1. The van der Waals surface area contributed by atoms with Crippen molar-refractivity contribution in [3.63, 3.8) is 0 Å². The molecule has 44 heavy (non-hydrogen) atoms. The lowest BCUT2D eigenvalue weighted by atomic mass is 9.64. The molecule has 3 fully saturated rings. The van der Waals surface area contributed by atoms with Crippen LogP contribution in [0, 0.1) is 16.7 Å². The quantitative estimate of drug-likeness (QED) is 0.194. The van der Waals surface area contributed by atoms with Crippen molar-refractivity contribution in [2.45, 2.75) is 189 Å². The highest BCUT2D eigenvalue weighted by atomic mass is 28.4. The summed E-state index contributed by atoms with van der Waals surface area (Å²) in [4.78, 5) is 0. The third-order valence-electron chi connectivity index (χ3n) is 12.5. The molecule has 3 saturated carbocycles. The van der Waals surface area contributed by atoms with E-state index in [2.05, 4.69) is 121 Å². The van der Waals surface area contributed by atoms with Gasteiger partial charge in [0.15, 0.2) is 16.6 Å². The van der Waals surface area contributed by atoms with Gasteiger partial charge < -0.3 is 8.85 Å². The SMILES string of the molecule is C=C1[C@H](O[Si](C)(C)C(C)(C)C)CC(=C/C=C2\CCC[C@]3(C)/C(=C(\C)CCCC(C)(C)C)CC[C@@H]23)C[C@H]1O[Si](C)(C)C(C)(C)C. The predicted molar refractivity (Wildman–Crippen MR) is 199 cm³/mol. The second-order valence-corrected chi connectivity index (χ2v) is 28.8. The molecule has 0 aliphatic heterocycles. The van der Waals surface area contributed by atoms with Crippen molar-refractivity contribution in [3.05, 3.63) is 46.6 Å². The zero-order valence-corrected chi connectivity index (χ0v) is 34.0. The van der Waals surface area contributed by atoms with Gasteiger partial charge in [0, 0.05) is 0 Å². The molecule has 0 saturated heterocycles. The molecule has 3 aliphatic rings. The van der Waals surface area contributed by atoms with Gasteiger partial charge in [-0.3, -0.25) is 0 Å². The second-order valence-electron chi connectivity index (χ2n) is 19.3. The smallest absolute Gasteiger partial charge is 0.192 e. The molecule has 252 valence electrons. The van der Waals surface area contributed by atoms with Crippen molar-refractivity contribution in [1.29, 1.82) is 0 Å². The molecule has 0 aromatic heterocycles. The fourth-order valence-corrected chi connectivity index (χ4v) is 10.1. The van der Waals surface area contributed by atoms with E-state index >= 15 is 0 Å². The maximum atomic E-state index is 7.09. The Morgan fingerprint density at radius 2 is 1.39 bits per heavy atom. The maximum absolute atomic E-state index is 7.09. The Hall–Kier alpha value is -0.686. The van der Waals surface area contributed by atoms with E-state index in [9.17, 15) is 0 Å². The summed E-state index contributed by atoms with van der Waals surface area (Å²) in [5.41, 5.74) is 8.61. The van der Waals surface area contributed by atoms with Gasteiger partial charge in [-0.2, -0.15) is 0 Å². The van der Waals surface area contributed by atoms with Crippen LogP contribution in [0.3, 0.4) is 0 Å². The van der Waals surface area contributed by atoms with Crippen LogP contribution in [-0.2, 0) is 8.85 Å². The topological polar surface area (TPSA) is 18.5 Å². The first-order valence-corrected chi connectivity index (χ1v) is 23.8. The summed E-state index contributed by atoms with van der Waals surface area (Å²) in [7, 11) is -3.93. The normalized spacial score (nSPS) is 29.7. The van der Waals surface area contributed by atoms with Crippen molar-refractivity contribution in [3.8, 4) is 0 Å². The Morgan fingerprint density at radius 1 is 0.864 bits per heavy atom. The van der Waals surface area contributed by atoms with E-state index in [0.717, 1.165) is 12.8 Å². The molecule has 0 heterocycles. The Labute approximate surface area is 276 Å². The fourth-order valence-electron chi connectivity index (χ4n) is 7.48. The first kappa shape index (κ1) is 37.8. The fraction of sp³-hybridized carbons (Fsp3) is 0.800. The lowest BCUT2D eigenvalue weighted by molar-refractivity contribution is 0.132. The molecule has 0 radical (unpaired) electrons. The highest BCUT2D eigenvalue weighted by Gasteiger charge is 2.47. The van der Waals surface area contributed by atoms with Gasteiger partial charge in [0.2, 0.25) is 0 Å². The molecule has 0 N–H and O–H groups in total. The molecule has 4 atom stereocenters. The van der Waals surface area contributed by atoms with Crippen molar-refractivity contribution in [2.24, 2.45) is 16.7 Å². The van der Waals surface area contributed by atoms with Gasteiger partial charge in [-0.05, 0) is 130 Å². The zero-order chi connectivity index (χ0) is 33.5. The number of hydrogen-bond acceptors (Lipinski definition) is 2. The maximum Gasteiger partial charge on any atom is 0.192 e. The molecule has 0 unspecified atom stereocenters. The summed E-state index contributed by atoms with van der Waals surface area (Å²) in [6.45, 7) is 40.4. The van der Waals surface area contributed by atoms with E-state index < -0.39 is 16.6 Å². The third kappa shape index (κ3) is 8.81. The second kappa shape index (κ2) is 13.4. The molecule has 0 spiro atoms. The van der Waals surface area contributed by atoms with Gasteiger partial charge in [0.1, 0.15) is 0 Å². The summed E-state index contributed by atoms with van der Waals surface area (Å²) in [6, 6.07) is 0. The number of hydrogen-bond donors (Lipinski definition) is 0. The standard InChI is InChI=1S/C40H72O2Si2/c1-29(19-17-25-37(3,4)5)33-23-24-34-32(20-18-26-40(33,34)12)22-21-31-27-35(41-43(13,14)38(6,7)8)30(2)36(28-31)42-44(15,16)39(9,10)11/h21-22,34-36H,2,17-20,23-28H2,1,3-16H3/b32-22+,33-29+/t34-,35+,36+,40+/m0/s1. The average molecular weight is 641 g/mol. The Morgan fingerprint density at radius 3 is 1.86 bits per heavy atom. The van der Waals surface area contributed by atoms with E-state index in [1.807, 2.05) is 0 Å². The lowest BCUT2D eigenvalue weighted by Gasteiger charge is -2.46. The van der Waals surface area contributed by atoms with Gasteiger partial charge >= 0.3 is 0 Å². The van der Waals surface area contributed by atoms with Crippen LogP contribution in [0.25, 0.3) is 0 Å². The van der Waals surface area contributed by atoms with Crippen LogP contribution in [-0.4, -0.2) is 28.8 Å². The van der Waals surface area contributed by atoms with E-state index in [-0.39, 0.29) is 22.3 Å². The van der Waals surface area contributed by atoms with Crippen LogP contribution < -0.4 is 0 Å². The summed E-state index contributed by atoms with van der Waals surface area (Å²) in [5.74, 6) is 0.692. The molecule has 4 heteroatoms. The number of allylic oxidation sites excluding steroid dienone is 5. The van der Waals surface area contributed by atoms with E-state index in [1.165, 1.54) is 62.5 Å². The zero-order valence-electron chi connectivity index (χ0n) is 32.0. The minimum atomic E-state index is -1.96. The molecule has 0 amide bonds. The molecule has 0 aromatic rings. The number of fused-ring (bicyclic) bond motifs is 1. The highest BCUT2D eigenvalue weighted by molar-refractivity contribution is 6.74. The first-order chi connectivity index (χ1) is 19.9. The van der Waals surface area contributed by atoms with Gasteiger partial charge in [-0.15, -0.1) is 0 Å². The summed E-state index contributed by atoms with van der Waals surface area (Å²) < 4.78 is 14.2. The lowest BCUT2D eigenvalue weighted by Crippen LogP contribution is -2.49. The van der Waals surface area contributed by atoms with Crippen molar-refractivity contribution in [1.82, 2.24) is 0 Å². The Balaban J connectivity index is 1.89. The Kier molecular flexibility index (Phi) is 11.5. The largest absolute Gasteiger partial charge is 0.410 e. The minimum absolute atomic E-state index is 0.0393. The van der Waals surface area contributed by atoms with E-state index in [0.29, 0.717) is 16.7 Å². The van der Waals surface area contributed by atoms with E-state index in [1.54, 1.807) is 16.7 Å². The molecule has 3 rings (SSSR count). The molecule has 0 bridgehead atoms. The van der Waals surface area contributed by atoms with Gasteiger partial charge in [-0.25, -0.2) is 0 Å². The van der Waals surface area contributed by atoms with Crippen molar-refractivity contribution in [2.75, 3.05) is 0 Å². The van der Waals surface area contributed by atoms with Gasteiger partial charge in [0.05, 0.1) is 12.2 Å². The van der Waals surface area contributed by atoms with Crippen LogP contribution >= 0.6 is 0 Å². The Bertz CT molecular complexity index is 1090. The van der Waals surface area contributed by atoms with Crippen LogP contribution in [0.1, 0.15) is 140 Å². The number of rotatable bonds is 8. The van der Waals surface area contributed by atoms with Crippen LogP contribution in [0.15, 0.2) is 46.6 Å². The van der Waals surface area contributed by atoms with Crippen LogP contribution in [0.5, 0.6) is 0 Å². The van der Waals surface area contributed by atoms with Crippen LogP contribution in [0.2, 0.25) is 36.3 Å². The molecule has 0 aromatic carbocycles. The molecule has 2 nitrogen and oxygen atoms in total. The third-order valence-corrected chi connectivity index (χ3v) is 21.5. The average Bonchev–Trinajstić information content (AvgIpc) is 3.20. The van der Waals surface area contributed by atoms with Crippen LogP contribution in [0.4, 0.5) is 0 Å². The molecular weight excluding hydrogens is 569 g/mol. The molecular formula is C40H72O2Si2. The minimum Gasteiger partial charge on any atom is -0.410 e. The monoisotopic (exact) mass is 641 g/mol. The molecule has 3 aliphatic carbocycles. The van der Waals surface area contributed by atoms with E-state index in [4.69, 9.17) is 8.85 Å². The summed E-state index contributed by atoms with van der Waals surface area (Å²) in [5, 5.41) is 0.328. The summed E-state index contributed by atoms with van der Waals surface area (Å²) in [6.07, 6.45) is 17.4. The van der Waals surface area contributed by atoms with Gasteiger partial charge in [-0.1, -0.05) is 110 Å². The summed E-state index contributed by atoms with van der Waals surface area (Å²) >= 11 is 0. The van der Waals surface area contributed by atoms with Crippen molar-refractivity contribution < 1.29 is 8.85 Å². The van der Waals surface area contributed by atoms with Gasteiger partial charge in [0.25, 0.3) is 0 Å². The highest BCUT2D eigenvalue weighted by Crippen LogP contribution is 2.58. The van der Waals surface area contributed by atoms with Crippen molar-refractivity contribution >= 4 is 16.6 Å². The first-order valence-electron chi connectivity index (χ1n) is 18.0.